The zero-order valence-corrected chi connectivity index (χ0v) is 17.8. The number of aromatic nitrogens is 1. The van der Waals surface area contributed by atoms with Gasteiger partial charge in [0.15, 0.2) is 5.78 Å². The molecule has 31 heavy (non-hydrogen) atoms. The van der Waals surface area contributed by atoms with Gasteiger partial charge < -0.3 is 19.3 Å². The Morgan fingerprint density at radius 2 is 1.90 bits per heavy atom. The highest BCUT2D eigenvalue weighted by Crippen LogP contribution is 2.32. The van der Waals surface area contributed by atoms with Crippen molar-refractivity contribution in [3.05, 3.63) is 53.3 Å². The monoisotopic (exact) mass is 441 g/mol. The van der Waals surface area contributed by atoms with Gasteiger partial charge in [0.05, 0.1) is 17.3 Å². The number of piperidine rings is 1. The number of carbonyl (C=O) groups is 2. The number of halogens is 1. The first-order valence-corrected chi connectivity index (χ1v) is 11.0. The molecule has 0 bridgehead atoms. The molecule has 2 amide bonds. The first kappa shape index (κ1) is 20.3. The van der Waals surface area contributed by atoms with Crippen LogP contribution in [-0.4, -0.2) is 65.5 Å². The lowest BCUT2D eigenvalue weighted by molar-refractivity contribution is -0.140. The van der Waals surface area contributed by atoms with E-state index in [0.29, 0.717) is 55.0 Å². The van der Waals surface area contributed by atoms with Crippen molar-refractivity contribution < 1.29 is 19.1 Å². The number of nitrogens with zero attached hydrogens (tertiary/aromatic N) is 3. The first-order valence-electron chi connectivity index (χ1n) is 10.6. The molecule has 3 aliphatic heterocycles. The van der Waals surface area contributed by atoms with E-state index >= 15 is 0 Å². The number of hydrogen-bond donors (Lipinski definition) is 0. The maximum absolute atomic E-state index is 12.9. The average molecular weight is 442 g/mol. The lowest BCUT2D eigenvalue weighted by Crippen LogP contribution is -2.58. The zero-order valence-electron chi connectivity index (χ0n) is 17.1. The van der Waals surface area contributed by atoms with Crippen LogP contribution in [0.3, 0.4) is 0 Å². The summed E-state index contributed by atoms with van der Waals surface area (Å²) < 4.78 is 11.4. The second-order valence-corrected chi connectivity index (χ2v) is 8.92. The number of Topliss-reactive ketones (excluding diaryl/α,β-unsaturated/α-hetero) is 1. The molecule has 0 radical (unpaired) electrons. The number of pyridine rings is 1. The molecule has 7 nitrogen and oxygen atoms in total. The summed E-state index contributed by atoms with van der Waals surface area (Å²) in [6, 6.07) is 9.71. The Hall–Kier alpha value is -2.64. The van der Waals surface area contributed by atoms with E-state index < -0.39 is 0 Å². The minimum Gasteiger partial charge on any atom is -0.456 e. The van der Waals surface area contributed by atoms with Crippen molar-refractivity contribution in [3.8, 4) is 11.5 Å². The third-order valence-electron chi connectivity index (χ3n) is 6.30. The molecule has 2 atom stereocenters. The van der Waals surface area contributed by atoms with Gasteiger partial charge in [-0.3, -0.25) is 9.78 Å². The molecule has 3 saturated heterocycles. The van der Waals surface area contributed by atoms with Crippen molar-refractivity contribution in [3.63, 3.8) is 0 Å². The molecule has 0 aliphatic carbocycles. The van der Waals surface area contributed by atoms with Crippen LogP contribution in [-0.2, 0) is 9.53 Å². The van der Waals surface area contributed by atoms with Crippen LogP contribution in [0.1, 0.15) is 24.3 Å². The van der Waals surface area contributed by atoms with Crippen LogP contribution in [0.2, 0.25) is 5.02 Å². The summed E-state index contributed by atoms with van der Waals surface area (Å²) >= 11 is 5.94. The lowest BCUT2D eigenvalue weighted by Gasteiger charge is -2.46. The van der Waals surface area contributed by atoms with E-state index in [1.54, 1.807) is 18.5 Å². The van der Waals surface area contributed by atoms with E-state index in [2.05, 4.69) is 4.98 Å². The van der Waals surface area contributed by atoms with Crippen LogP contribution in [0.25, 0.3) is 0 Å². The van der Waals surface area contributed by atoms with Crippen LogP contribution in [0.4, 0.5) is 4.79 Å². The molecule has 1 aromatic heterocycles. The predicted molar refractivity (Wildman–Crippen MR) is 115 cm³/mol. The van der Waals surface area contributed by atoms with Crippen LogP contribution in [0.5, 0.6) is 11.5 Å². The van der Waals surface area contributed by atoms with Crippen LogP contribution in [0.15, 0.2) is 42.7 Å². The van der Waals surface area contributed by atoms with Gasteiger partial charge in [-0.05, 0) is 24.1 Å². The zero-order chi connectivity index (χ0) is 21.4. The van der Waals surface area contributed by atoms with Gasteiger partial charge in [0, 0.05) is 56.7 Å². The minimum atomic E-state index is 0.0705. The van der Waals surface area contributed by atoms with Gasteiger partial charge in [-0.1, -0.05) is 23.7 Å². The summed E-state index contributed by atoms with van der Waals surface area (Å²) in [5.41, 5.74) is 1.19. The number of hydrogen-bond acceptors (Lipinski definition) is 5. The Labute approximate surface area is 185 Å². The summed E-state index contributed by atoms with van der Waals surface area (Å²) in [6.07, 6.45) is 4.63. The van der Waals surface area contributed by atoms with Gasteiger partial charge in [0.1, 0.15) is 18.1 Å². The largest absolute Gasteiger partial charge is 0.456 e. The number of rotatable bonds is 3. The summed E-state index contributed by atoms with van der Waals surface area (Å²) in [7, 11) is 0. The minimum absolute atomic E-state index is 0.0705. The summed E-state index contributed by atoms with van der Waals surface area (Å²) in [5, 5.41) is 0.528. The van der Waals surface area contributed by atoms with Gasteiger partial charge in [0.2, 0.25) is 0 Å². The second-order valence-electron chi connectivity index (χ2n) is 8.48. The number of amides is 2. The number of carbonyl (C=O) groups excluding carboxylic acids is 2. The van der Waals surface area contributed by atoms with Gasteiger partial charge in [-0.25, -0.2) is 4.79 Å². The van der Waals surface area contributed by atoms with Gasteiger partial charge in [0.25, 0.3) is 0 Å². The standard InChI is InChI=1S/C23H24ClN3O4/c24-18-8-21(10-25-9-18)31-20-3-1-15(2-4-20)17-12-27(13-17)23(29)26-6-5-22-16(11-26)7-19(28)14-30-22/h1-4,8-10,16-17,22H,5-7,11-14H2/t16-,22+/m1/s1. The first-order chi connectivity index (χ1) is 15.0. The molecular weight excluding hydrogens is 418 g/mol. The van der Waals surface area contributed by atoms with Crippen LogP contribution >= 0.6 is 11.6 Å². The topological polar surface area (TPSA) is 72.0 Å². The molecule has 5 rings (SSSR count). The molecule has 3 fully saturated rings. The van der Waals surface area contributed by atoms with Crippen molar-refractivity contribution in [2.24, 2.45) is 5.92 Å². The van der Waals surface area contributed by atoms with Gasteiger partial charge in [-0.2, -0.15) is 0 Å². The van der Waals surface area contributed by atoms with Crippen molar-refractivity contribution in [1.82, 2.24) is 14.8 Å². The molecule has 2 aromatic rings. The van der Waals surface area contributed by atoms with E-state index in [4.69, 9.17) is 21.1 Å². The molecule has 0 spiro atoms. The summed E-state index contributed by atoms with van der Waals surface area (Å²) in [4.78, 5) is 32.4. The molecule has 8 heteroatoms. The molecule has 162 valence electrons. The van der Waals surface area contributed by atoms with Crippen molar-refractivity contribution in [2.75, 3.05) is 32.8 Å². The van der Waals surface area contributed by atoms with Gasteiger partial charge in [-0.15, -0.1) is 0 Å². The Morgan fingerprint density at radius 3 is 2.68 bits per heavy atom. The highest BCUT2D eigenvalue weighted by molar-refractivity contribution is 6.30. The van der Waals surface area contributed by atoms with E-state index in [0.717, 1.165) is 6.42 Å². The number of likely N-dealkylation sites (tertiary alicyclic amines) is 2. The Kier molecular flexibility index (Phi) is 5.54. The highest BCUT2D eigenvalue weighted by Gasteiger charge is 2.40. The summed E-state index contributed by atoms with van der Waals surface area (Å²) in [6.45, 7) is 2.94. The third kappa shape index (κ3) is 4.38. The number of fused-ring (bicyclic) bond motifs is 1. The molecule has 3 aliphatic rings. The predicted octanol–water partition coefficient (Wildman–Crippen LogP) is 3.73. The number of ketones is 1. The fraction of sp³-hybridized carbons (Fsp3) is 0.435. The van der Waals surface area contributed by atoms with Crippen molar-refractivity contribution in [1.29, 1.82) is 0 Å². The molecule has 0 unspecified atom stereocenters. The second kappa shape index (κ2) is 8.48. The molecule has 0 N–H and O–H groups in total. The van der Waals surface area contributed by atoms with E-state index in [1.807, 2.05) is 34.1 Å². The quantitative estimate of drug-likeness (QED) is 0.725. The normalized spacial score (nSPS) is 23.8. The number of urea groups is 1. The fourth-order valence-electron chi connectivity index (χ4n) is 4.59. The van der Waals surface area contributed by atoms with Crippen molar-refractivity contribution in [2.45, 2.75) is 24.9 Å². The third-order valence-corrected chi connectivity index (χ3v) is 6.51. The Balaban J connectivity index is 1.13. The average Bonchev–Trinajstić information content (AvgIpc) is 2.73. The number of ether oxygens (including phenoxy) is 2. The Bertz CT molecular complexity index is 977. The maximum Gasteiger partial charge on any atom is 0.320 e. The fourth-order valence-corrected chi connectivity index (χ4v) is 4.75. The van der Waals surface area contributed by atoms with Crippen LogP contribution in [0, 0.1) is 5.92 Å². The van der Waals surface area contributed by atoms with Crippen molar-refractivity contribution >= 4 is 23.4 Å². The molecule has 0 saturated carbocycles. The molecule has 1 aromatic carbocycles. The van der Waals surface area contributed by atoms with E-state index in [1.165, 1.54) is 5.56 Å². The molecular formula is C23H24ClN3O4. The van der Waals surface area contributed by atoms with Crippen LogP contribution < -0.4 is 4.74 Å². The molecule has 4 heterocycles. The van der Waals surface area contributed by atoms with E-state index in [-0.39, 0.29) is 30.4 Å². The number of benzene rings is 1. The van der Waals surface area contributed by atoms with E-state index in [9.17, 15) is 9.59 Å². The summed E-state index contributed by atoms with van der Waals surface area (Å²) in [5.74, 6) is 1.90. The smallest absolute Gasteiger partial charge is 0.320 e. The maximum atomic E-state index is 12.9. The Morgan fingerprint density at radius 1 is 1.10 bits per heavy atom. The lowest BCUT2D eigenvalue weighted by atomic mass is 9.87. The SMILES string of the molecule is O=C1CO[C@H]2CCN(C(=O)N3CC(c4ccc(Oc5cncc(Cl)c5)cc4)C3)C[C@H]2C1. The highest BCUT2D eigenvalue weighted by atomic mass is 35.5. The van der Waals surface area contributed by atoms with Gasteiger partial charge >= 0.3 is 6.03 Å².